The first-order valence-electron chi connectivity index (χ1n) is 13.0. The zero-order valence-corrected chi connectivity index (χ0v) is 25.9. The van der Waals surface area contributed by atoms with Crippen LogP contribution < -0.4 is 29.3 Å². The quantitative estimate of drug-likeness (QED) is 0.244. The van der Waals surface area contributed by atoms with Crippen molar-refractivity contribution in [3.63, 3.8) is 0 Å². The van der Waals surface area contributed by atoms with E-state index >= 15 is 0 Å². The Bertz CT molecular complexity index is 1370. The molecule has 2 aromatic carbocycles. The number of halogens is 1. The number of rotatable bonds is 6. The summed E-state index contributed by atoms with van der Waals surface area (Å²) in [6, 6.07) is 19.7. The molecule has 0 aliphatic carbocycles. The average Bonchev–Trinajstić information content (AvgIpc) is 3.23. The third kappa shape index (κ3) is 7.12. The van der Waals surface area contributed by atoms with Crippen LogP contribution in [0.25, 0.3) is 0 Å². The molecule has 5 rings (SSSR count). The van der Waals surface area contributed by atoms with Gasteiger partial charge in [-0.25, -0.2) is 9.79 Å². The molecule has 1 amide bonds. The van der Waals surface area contributed by atoms with Crippen molar-refractivity contribution in [3.05, 3.63) is 76.7 Å². The van der Waals surface area contributed by atoms with Gasteiger partial charge in [0.1, 0.15) is 24.0 Å². The number of nitrogens with zero attached hydrogens (tertiary/aromatic N) is 4. The number of likely N-dealkylation sites (N-methyl/N-ethyl adjacent to an activating group) is 2. The first-order chi connectivity index (χ1) is 18.8. The van der Waals surface area contributed by atoms with E-state index in [4.69, 9.17) is 14.5 Å². The Kier molecular flexibility index (Phi) is 9.69. The number of piperazine rings is 1. The summed E-state index contributed by atoms with van der Waals surface area (Å²) >= 11 is 1.74. The molecule has 9 nitrogen and oxygen atoms in total. The molecular formula is C29H34IN5O4S. The molecule has 1 N–H and O–H groups in total. The van der Waals surface area contributed by atoms with Gasteiger partial charge in [-0.3, -0.25) is 9.28 Å². The predicted molar refractivity (Wildman–Crippen MR) is 153 cm³/mol. The average molecular weight is 676 g/mol. The highest BCUT2D eigenvalue weighted by Crippen LogP contribution is 2.39. The molecule has 0 radical (unpaired) electrons. The van der Waals surface area contributed by atoms with Gasteiger partial charge in [0.05, 0.1) is 50.2 Å². The number of amidine groups is 1. The summed E-state index contributed by atoms with van der Waals surface area (Å²) in [6.45, 7) is 5.51. The molecule has 40 heavy (non-hydrogen) atoms. The van der Waals surface area contributed by atoms with Crippen molar-refractivity contribution in [1.82, 2.24) is 9.80 Å². The number of amides is 1. The Morgan fingerprint density at radius 2 is 1.77 bits per heavy atom. The topological polar surface area (TPSA) is 83.5 Å². The maximum atomic E-state index is 12.6. The third-order valence-electron chi connectivity index (χ3n) is 7.01. The van der Waals surface area contributed by atoms with Gasteiger partial charge in [-0.1, -0.05) is 42.5 Å². The van der Waals surface area contributed by atoms with Crippen LogP contribution in [-0.4, -0.2) is 85.7 Å². The van der Waals surface area contributed by atoms with Crippen molar-refractivity contribution in [2.24, 2.45) is 4.99 Å². The zero-order chi connectivity index (χ0) is 27.4. The van der Waals surface area contributed by atoms with Gasteiger partial charge in [0.15, 0.2) is 0 Å². The summed E-state index contributed by atoms with van der Waals surface area (Å²) in [7, 11) is 3.63. The van der Waals surface area contributed by atoms with E-state index in [0.29, 0.717) is 4.48 Å². The number of quaternary nitrogens is 1. The van der Waals surface area contributed by atoms with Gasteiger partial charge < -0.3 is 48.6 Å². The maximum Gasteiger partial charge on any atom is 0.414 e. The standard InChI is InChI=1S/C29H34N5O4S.HI/c1-21-17-23-27(30-24-11-7-8-12-25(24)31-28(23)39-21)33-13-15-34(3,16-14-33)20-38-29(36)32(2)18-26(35)37-19-22-9-5-4-6-10-22;/h4-12,17,31H,13-16,18-20H2,1-3H3;1H/q+1;/p-1. The number of carbonyl (C=O) groups excluding carboxylic acids is 2. The van der Waals surface area contributed by atoms with E-state index in [1.54, 1.807) is 18.4 Å². The van der Waals surface area contributed by atoms with E-state index in [1.165, 1.54) is 9.78 Å². The van der Waals surface area contributed by atoms with E-state index < -0.39 is 12.1 Å². The van der Waals surface area contributed by atoms with E-state index in [2.05, 4.69) is 36.3 Å². The molecule has 0 spiro atoms. The summed E-state index contributed by atoms with van der Waals surface area (Å²) in [5.41, 5.74) is 3.95. The van der Waals surface area contributed by atoms with Gasteiger partial charge >= 0.3 is 12.1 Å². The number of ether oxygens (including phenoxy) is 2. The molecule has 1 saturated heterocycles. The van der Waals surface area contributed by atoms with E-state index in [0.717, 1.165) is 59.5 Å². The fourth-order valence-electron chi connectivity index (χ4n) is 4.64. The minimum atomic E-state index is -0.539. The van der Waals surface area contributed by atoms with Crippen LogP contribution in [0.4, 0.5) is 21.2 Å². The summed E-state index contributed by atoms with van der Waals surface area (Å²) in [6.07, 6.45) is -0.539. The smallest absolute Gasteiger partial charge is 0.414 e. The van der Waals surface area contributed by atoms with Crippen LogP contribution in [0, 0.1) is 6.92 Å². The summed E-state index contributed by atoms with van der Waals surface area (Å²) in [5, 5.41) is 4.67. The molecule has 1 aromatic heterocycles. The van der Waals surface area contributed by atoms with Crippen molar-refractivity contribution in [1.29, 1.82) is 0 Å². The summed E-state index contributed by atoms with van der Waals surface area (Å²) in [5.74, 6) is 0.499. The Morgan fingerprint density at radius 3 is 2.52 bits per heavy atom. The first kappa shape index (κ1) is 29.8. The molecule has 3 aromatic rings. The van der Waals surface area contributed by atoms with Crippen molar-refractivity contribution >= 4 is 45.6 Å². The predicted octanol–water partition coefficient (Wildman–Crippen LogP) is 1.73. The van der Waals surface area contributed by atoms with Crippen molar-refractivity contribution in [2.45, 2.75) is 13.5 Å². The van der Waals surface area contributed by atoms with Crippen LogP contribution in [0.2, 0.25) is 0 Å². The molecule has 2 aliphatic heterocycles. The van der Waals surface area contributed by atoms with Crippen LogP contribution >= 0.6 is 11.3 Å². The number of nitrogens with one attached hydrogen (secondary N) is 1. The number of para-hydroxylation sites is 2. The van der Waals surface area contributed by atoms with Crippen LogP contribution in [0.15, 0.2) is 65.7 Å². The number of aryl methyl sites for hydroxylation is 1. The van der Waals surface area contributed by atoms with Crippen LogP contribution in [0.3, 0.4) is 0 Å². The molecule has 1 fully saturated rings. The number of carbonyl (C=O) groups is 2. The Balaban J connectivity index is 0.00000370. The molecule has 0 atom stereocenters. The second-order valence-electron chi connectivity index (χ2n) is 10.3. The number of esters is 1. The number of fused-ring (bicyclic) bond motifs is 2. The zero-order valence-electron chi connectivity index (χ0n) is 22.9. The molecule has 212 valence electrons. The Hall–Kier alpha value is -3.16. The Morgan fingerprint density at radius 1 is 1.07 bits per heavy atom. The molecular weight excluding hydrogens is 641 g/mol. The van der Waals surface area contributed by atoms with Gasteiger partial charge in [0.25, 0.3) is 0 Å². The number of aliphatic imine (C=N–C) groups is 1. The normalized spacial score (nSPS) is 15.3. The molecule has 0 saturated carbocycles. The van der Waals surface area contributed by atoms with Crippen molar-refractivity contribution in [3.8, 4) is 0 Å². The maximum absolute atomic E-state index is 12.6. The highest BCUT2D eigenvalue weighted by molar-refractivity contribution is 7.16. The summed E-state index contributed by atoms with van der Waals surface area (Å²) in [4.78, 5) is 34.7. The van der Waals surface area contributed by atoms with E-state index in [9.17, 15) is 9.59 Å². The highest BCUT2D eigenvalue weighted by Gasteiger charge is 2.34. The number of anilines is 2. The van der Waals surface area contributed by atoms with Crippen LogP contribution in [0.5, 0.6) is 0 Å². The number of hydrogen-bond acceptors (Lipinski definition) is 8. The lowest BCUT2D eigenvalue weighted by molar-refractivity contribution is -0.929. The fraction of sp³-hybridized carbons (Fsp3) is 0.345. The lowest BCUT2D eigenvalue weighted by Gasteiger charge is -2.42. The monoisotopic (exact) mass is 675 g/mol. The van der Waals surface area contributed by atoms with Crippen LogP contribution in [0.1, 0.15) is 16.0 Å². The van der Waals surface area contributed by atoms with Crippen molar-refractivity contribution < 1.29 is 47.5 Å². The molecule has 2 aliphatic rings. The van der Waals surface area contributed by atoms with Crippen LogP contribution in [-0.2, 0) is 20.9 Å². The lowest BCUT2D eigenvalue weighted by atomic mass is 10.2. The number of thiophene rings is 1. The molecule has 0 unspecified atom stereocenters. The van der Waals surface area contributed by atoms with Gasteiger partial charge in [-0.05, 0) is 30.7 Å². The van der Waals surface area contributed by atoms with E-state index in [-0.39, 0.29) is 43.9 Å². The second-order valence-corrected chi connectivity index (χ2v) is 11.5. The SMILES string of the molecule is Cc1cc2c(s1)Nc1ccccc1N=C2N1CC[N+](C)(COC(=O)N(C)CC(=O)OCc2ccccc2)CC1.[I-]. The minimum Gasteiger partial charge on any atom is -1.00 e. The highest BCUT2D eigenvalue weighted by atomic mass is 127. The second kappa shape index (κ2) is 13.0. The largest absolute Gasteiger partial charge is 1.00 e. The van der Waals surface area contributed by atoms with Gasteiger partial charge in [0.2, 0.25) is 6.73 Å². The van der Waals surface area contributed by atoms with Crippen molar-refractivity contribution in [2.75, 3.05) is 58.9 Å². The third-order valence-corrected chi connectivity index (χ3v) is 7.98. The van der Waals surface area contributed by atoms with E-state index in [1.807, 2.05) is 48.5 Å². The number of hydrogen-bond donors (Lipinski definition) is 1. The fourth-order valence-corrected chi connectivity index (χ4v) is 5.56. The minimum absolute atomic E-state index is 0. The first-order valence-corrected chi connectivity index (χ1v) is 13.8. The molecule has 3 heterocycles. The summed E-state index contributed by atoms with van der Waals surface area (Å²) < 4.78 is 11.5. The van der Waals surface area contributed by atoms with Gasteiger partial charge in [-0.2, -0.15) is 0 Å². The van der Waals surface area contributed by atoms with Gasteiger partial charge in [0, 0.05) is 11.9 Å². The lowest BCUT2D eigenvalue weighted by Crippen LogP contribution is -3.00. The molecule has 0 bridgehead atoms. The Labute approximate surface area is 256 Å². The van der Waals surface area contributed by atoms with Gasteiger partial charge in [-0.15, -0.1) is 11.3 Å². The molecule has 11 heteroatoms. The number of benzene rings is 2.